The van der Waals surface area contributed by atoms with E-state index in [2.05, 4.69) is 5.32 Å². The van der Waals surface area contributed by atoms with Gasteiger partial charge in [-0.15, -0.1) is 0 Å². The molecule has 3 aromatic rings. The van der Waals surface area contributed by atoms with Crippen LogP contribution in [0.1, 0.15) is 30.9 Å². The van der Waals surface area contributed by atoms with E-state index in [0.29, 0.717) is 52.5 Å². The second-order valence-electron chi connectivity index (χ2n) is 8.06. The van der Waals surface area contributed by atoms with Crippen LogP contribution in [-0.2, 0) is 4.79 Å². The van der Waals surface area contributed by atoms with Crippen molar-refractivity contribution >= 4 is 63.7 Å². The number of hydrazone groups is 1. The molecular formula is C26H23Cl4N3O2. The van der Waals surface area contributed by atoms with Gasteiger partial charge in [0.25, 0.3) is 0 Å². The molecule has 182 valence electrons. The minimum absolute atomic E-state index is 0.0570. The molecule has 1 heterocycles. The molecule has 4 rings (SSSR count). The highest BCUT2D eigenvalue weighted by Crippen LogP contribution is 2.39. The Morgan fingerprint density at radius 3 is 2.29 bits per heavy atom. The molecule has 1 unspecified atom stereocenters. The minimum Gasteiger partial charge on any atom is -0.494 e. The number of ether oxygens (including phenoxy) is 1. The van der Waals surface area contributed by atoms with Crippen LogP contribution in [0.25, 0.3) is 0 Å². The molecule has 3 aromatic carbocycles. The number of hydrogen-bond acceptors (Lipinski definition) is 4. The van der Waals surface area contributed by atoms with E-state index in [-0.39, 0.29) is 11.9 Å². The number of carbonyl (C=O) groups excluding carboxylic acids is 1. The van der Waals surface area contributed by atoms with Crippen LogP contribution in [0.4, 0.5) is 5.69 Å². The number of carbonyl (C=O) groups is 1. The zero-order chi connectivity index (χ0) is 24.8. The van der Waals surface area contributed by atoms with Gasteiger partial charge < -0.3 is 10.1 Å². The van der Waals surface area contributed by atoms with Crippen molar-refractivity contribution in [1.29, 1.82) is 0 Å². The molecule has 1 N–H and O–H groups in total. The first-order valence-corrected chi connectivity index (χ1v) is 12.6. The van der Waals surface area contributed by atoms with Crippen molar-refractivity contribution in [2.45, 2.75) is 25.3 Å². The third-order valence-corrected chi connectivity index (χ3v) is 6.55. The molecule has 35 heavy (non-hydrogen) atoms. The van der Waals surface area contributed by atoms with Crippen molar-refractivity contribution in [3.63, 3.8) is 0 Å². The van der Waals surface area contributed by atoms with Gasteiger partial charge in [0, 0.05) is 27.9 Å². The summed E-state index contributed by atoms with van der Waals surface area (Å²) in [5.41, 5.74) is 2.64. The Morgan fingerprint density at radius 2 is 1.60 bits per heavy atom. The second-order valence-corrected chi connectivity index (χ2v) is 9.78. The molecule has 0 fully saturated rings. The van der Waals surface area contributed by atoms with E-state index in [1.54, 1.807) is 36.4 Å². The summed E-state index contributed by atoms with van der Waals surface area (Å²) in [5.74, 6) is 0.669. The van der Waals surface area contributed by atoms with Gasteiger partial charge >= 0.3 is 0 Å². The third kappa shape index (κ3) is 7.05. The van der Waals surface area contributed by atoms with Gasteiger partial charge in [0.05, 0.1) is 35.6 Å². The number of amides is 1. The van der Waals surface area contributed by atoms with E-state index in [1.807, 2.05) is 35.3 Å². The Kier molecular flexibility index (Phi) is 8.79. The molecule has 1 aliphatic rings. The zero-order valence-electron chi connectivity index (χ0n) is 18.7. The summed E-state index contributed by atoms with van der Waals surface area (Å²) in [6.45, 7) is 0.792. The Labute approximate surface area is 224 Å². The molecule has 0 spiro atoms. The van der Waals surface area contributed by atoms with Crippen LogP contribution in [0.15, 0.2) is 71.8 Å². The lowest BCUT2D eigenvalue weighted by Crippen LogP contribution is -2.29. The van der Waals surface area contributed by atoms with E-state index in [4.69, 9.17) is 56.2 Å². The molecule has 0 aliphatic carbocycles. The van der Waals surface area contributed by atoms with Gasteiger partial charge in [-0.05, 0) is 66.6 Å². The maximum Gasteiger partial charge on any atom is 0.220 e. The molecule has 1 atom stereocenters. The Morgan fingerprint density at radius 1 is 0.943 bits per heavy atom. The fraction of sp³-hybridized carbons (Fsp3) is 0.231. The van der Waals surface area contributed by atoms with Crippen molar-refractivity contribution < 1.29 is 9.53 Å². The molecule has 5 nitrogen and oxygen atoms in total. The van der Waals surface area contributed by atoms with Gasteiger partial charge in [0.2, 0.25) is 5.91 Å². The first-order chi connectivity index (χ1) is 16.9. The molecule has 0 bridgehead atoms. The molecule has 0 saturated carbocycles. The average molecular weight is 551 g/mol. The number of halogens is 4. The second kappa shape index (κ2) is 12.0. The lowest BCUT2D eigenvalue weighted by atomic mass is 10.0. The van der Waals surface area contributed by atoms with Gasteiger partial charge in [0.1, 0.15) is 5.75 Å². The molecule has 9 heteroatoms. The van der Waals surface area contributed by atoms with E-state index < -0.39 is 0 Å². The van der Waals surface area contributed by atoms with Crippen LogP contribution in [0.3, 0.4) is 0 Å². The van der Waals surface area contributed by atoms with Gasteiger partial charge in [-0.3, -0.25) is 9.80 Å². The zero-order valence-corrected chi connectivity index (χ0v) is 21.7. The maximum atomic E-state index is 12.4. The normalized spacial score (nSPS) is 15.1. The topological polar surface area (TPSA) is 53.9 Å². The van der Waals surface area contributed by atoms with Crippen molar-refractivity contribution in [3.8, 4) is 5.75 Å². The quantitative estimate of drug-likeness (QED) is 0.279. The van der Waals surface area contributed by atoms with Gasteiger partial charge in [-0.25, -0.2) is 0 Å². The van der Waals surface area contributed by atoms with Gasteiger partial charge in [-0.1, -0.05) is 58.5 Å². The first kappa shape index (κ1) is 25.6. The number of nitrogens with one attached hydrogen (secondary N) is 1. The number of nitrogens with zero attached hydrogens (tertiary/aromatic N) is 2. The molecule has 0 saturated heterocycles. The summed E-state index contributed by atoms with van der Waals surface area (Å²) in [6, 6.07) is 20.0. The summed E-state index contributed by atoms with van der Waals surface area (Å²) >= 11 is 24.5. The highest BCUT2D eigenvalue weighted by molar-refractivity contribution is 6.36. The fourth-order valence-electron chi connectivity index (χ4n) is 3.76. The van der Waals surface area contributed by atoms with E-state index in [1.165, 1.54) is 0 Å². The Hall–Kier alpha value is -2.44. The fourth-order valence-corrected chi connectivity index (χ4v) is 4.50. The lowest BCUT2D eigenvalue weighted by molar-refractivity contribution is -0.121. The standard InChI is InChI=1S/C26H23Cl4N3O2/c27-18-5-3-17(4-6-18)25-15-21(32-33(25)24-12-9-20(29)14-23(24)30)16-31-26(34)2-1-13-35-22-10-7-19(28)8-11-22/h3-12,14,25H,1-2,13,15-16H2,(H,31,34). The summed E-state index contributed by atoms with van der Waals surface area (Å²) in [6.07, 6.45) is 1.59. The van der Waals surface area contributed by atoms with Crippen LogP contribution < -0.4 is 15.1 Å². The van der Waals surface area contributed by atoms with Crippen molar-refractivity contribution in [1.82, 2.24) is 5.32 Å². The van der Waals surface area contributed by atoms with Crippen LogP contribution in [0.2, 0.25) is 20.1 Å². The summed E-state index contributed by atoms with van der Waals surface area (Å²) in [4.78, 5) is 12.4. The molecule has 1 amide bonds. The number of anilines is 1. The van der Waals surface area contributed by atoms with Crippen LogP contribution in [0, 0.1) is 0 Å². The van der Waals surface area contributed by atoms with Gasteiger partial charge in [-0.2, -0.15) is 5.10 Å². The summed E-state index contributed by atoms with van der Waals surface area (Å²) < 4.78 is 5.64. The number of rotatable bonds is 9. The number of hydrogen-bond donors (Lipinski definition) is 1. The Balaban J connectivity index is 1.35. The molecule has 0 radical (unpaired) electrons. The van der Waals surface area contributed by atoms with Gasteiger partial charge in [0.15, 0.2) is 0 Å². The van der Waals surface area contributed by atoms with Crippen molar-refractivity contribution in [2.75, 3.05) is 18.2 Å². The van der Waals surface area contributed by atoms with Crippen LogP contribution >= 0.6 is 46.4 Å². The van der Waals surface area contributed by atoms with Crippen molar-refractivity contribution in [2.24, 2.45) is 5.10 Å². The smallest absolute Gasteiger partial charge is 0.220 e. The first-order valence-electron chi connectivity index (χ1n) is 11.1. The Bertz CT molecular complexity index is 1200. The van der Waals surface area contributed by atoms with E-state index in [9.17, 15) is 4.79 Å². The van der Waals surface area contributed by atoms with E-state index in [0.717, 1.165) is 22.7 Å². The predicted octanol–water partition coefficient (Wildman–Crippen LogP) is 7.58. The molecular weight excluding hydrogens is 528 g/mol. The molecule has 0 aromatic heterocycles. The van der Waals surface area contributed by atoms with Crippen LogP contribution in [-0.4, -0.2) is 24.8 Å². The SMILES string of the molecule is O=C(CCCOc1ccc(Cl)cc1)NCC1=NN(c2ccc(Cl)cc2Cl)C(c2ccc(Cl)cc2)C1. The highest BCUT2D eigenvalue weighted by Gasteiger charge is 2.30. The predicted molar refractivity (Wildman–Crippen MR) is 144 cm³/mol. The number of benzene rings is 3. The molecule has 1 aliphatic heterocycles. The lowest BCUT2D eigenvalue weighted by Gasteiger charge is -2.25. The average Bonchev–Trinajstić information content (AvgIpc) is 3.26. The van der Waals surface area contributed by atoms with E-state index >= 15 is 0 Å². The summed E-state index contributed by atoms with van der Waals surface area (Å²) in [7, 11) is 0. The largest absolute Gasteiger partial charge is 0.494 e. The van der Waals surface area contributed by atoms with Crippen LogP contribution in [0.5, 0.6) is 5.75 Å². The highest BCUT2D eigenvalue weighted by atomic mass is 35.5. The monoisotopic (exact) mass is 549 g/mol. The minimum atomic E-state index is -0.0781. The maximum absolute atomic E-state index is 12.4. The summed E-state index contributed by atoms with van der Waals surface area (Å²) in [5, 5.41) is 12.0. The van der Waals surface area contributed by atoms with Crippen molar-refractivity contribution in [3.05, 3.63) is 92.4 Å². The third-order valence-electron chi connectivity index (χ3n) is 5.50.